The fraction of sp³-hybridized carbons (Fsp3) is 0.333. The molecule has 9 heteroatoms. The monoisotopic (exact) mass is 404 g/mol. The first-order chi connectivity index (χ1) is 12.7. The summed E-state index contributed by atoms with van der Waals surface area (Å²) in [6.07, 6.45) is -4.78. The van der Waals surface area contributed by atoms with Crippen molar-refractivity contribution in [3.63, 3.8) is 0 Å². The molecule has 27 heavy (non-hydrogen) atoms. The topological polar surface area (TPSA) is 44.7 Å². The maximum Gasteiger partial charge on any atom is 0.573 e. The van der Waals surface area contributed by atoms with E-state index in [1.165, 1.54) is 30.3 Å². The zero-order chi connectivity index (χ0) is 19.6. The number of hydrogen-bond acceptors (Lipinski definition) is 4. The normalized spacial score (nSPS) is 16.9. The van der Waals surface area contributed by atoms with Crippen molar-refractivity contribution in [2.24, 2.45) is 0 Å². The van der Waals surface area contributed by atoms with Crippen LogP contribution in [0.4, 0.5) is 17.6 Å². The third-order valence-electron chi connectivity index (χ3n) is 4.30. The molecule has 0 radical (unpaired) electrons. The largest absolute Gasteiger partial charge is 0.573 e. The second-order valence-corrected chi connectivity index (χ2v) is 6.54. The standard InChI is InChI=1S/C18H17ClF4N2O2/c19-15-10-12(20)9-14(17(15)26)16(25-7-5-24-6-8-25)11-1-3-13(4-2-11)27-18(21,22)23/h1-4,9-10,16,24,26H,5-8H2/t16-/m1/s1. The Morgan fingerprint density at radius 2 is 1.74 bits per heavy atom. The molecule has 3 rings (SSSR count). The molecule has 4 nitrogen and oxygen atoms in total. The maximum atomic E-state index is 13.9. The van der Waals surface area contributed by atoms with Gasteiger partial charge in [-0.25, -0.2) is 4.39 Å². The zero-order valence-electron chi connectivity index (χ0n) is 14.1. The van der Waals surface area contributed by atoms with Crippen molar-refractivity contribution < 1.29 is 27.4 Å². The van der Waals surface area contributed by atoms with E-state index in [4.69, 9.17) is 11.6 Å². The van der Waals surface area contributed by atoms with Crippen molar-refractivity contribution in [1.82, 2.24) is 10.2 Å². The molecule has 146 valence electrons. The van der Waals surface area contributed by atoms with Gasteiger partial charge in [0.15, 0.2) is 0 Å². The van der Waals surface area contributed by atoms with Crippen molar-refractivity contribution in [3.05, 3.63) is 58.4 Å². The van der Waals surface area contributed by atoms with E-state index in [9.17, 15) is 22.7 Å². The summed E-state index contributed by atoms with van der Waals surface area (Å²) in [5, 5.41) is 13.4. The number of rotatable bonds is 4. The molecule has 2 N–H and O–H groups in total. The van der Waals surface area contributed by atoms with Gasteiger partial charge in [0.05, 0.1) is 11.1 Å². The lowest BCUT2D eigenvalue weighted by Crippen LogP contribution is -2.45. The van der Waals surface area contributed by atoms with E-state index in [1.54, 1.807) is 0 Å². The summed E-state index contributed by atoms with van der Waals surface area (Å²) >= 11 is 5.92. The first kappa shape index (κ1) is 19.7. The molecule has 0 aliphatic carbocycles. The van der Waals surface area contributed by atoms with Crippen LogP contribution in [0.25, 0.3) is 0 Å². The van der Waals surface area contributed by atoms with Crippen LogP contribution >= 0.6 is 11.6 Å². The van der Waals surface area contributed by atoms with Crippen molar-refractivity contribution in [1.29, 1.82) is 0 Å². The molecule has 0 amide bonds. The quantitative estimate of drug-likeness (QED) is 0.754. The van der Waals surface area contributed by atoms with Gasteiger partial charge in [0.25, 0.3) is 0 Å². The molecule has 1 saturated heterocycles. The molecule has 0 bridgehead atoms. The van der Waals surface area contributed by atoms with E-state index in [0.717, 1.165) is 6.07 Å². The van der Waals surface area contributed by atoms with Gasteiger partial charge in [-0.15, -0.1) is 13.2 Å². The Hall–Kier alpha value is -2.03. The molecule has 1 atom stereocenters. The molecule has 1 fully saturated rings. The van der Waals surface area contributed by atoms with Crippen LogP contribution in [-0.4, -0.2) is 42.5 Å². The van der Waals surface area contributed by atoms with E-state index in [2.05, 4.69) is 10.1 Å². The number of ether oxygens (including phenoxy) is 1. The van der Waals surface area contributed by atoms with Crippen LogP contribution in [0.15, 0.2) is 36.4 Å². The van der Waals surface area contributed by atoms with E-state index in [-0.39, 0.29) is 22.1 Å². The number of alkyl halides is 3. The van der Waals surface area contributed by atoms with Crippen LogP contribution < -0.4 is 10.1 Å². The molecule has 2 aromatic rings. The highest BCUT2D eigenvalue weighted by molar-refractivity contribution is 6.32. The molecule has 2 aromatic carbocycles. The van der Waals surface area contributed by atoms with Gasteiger partial charge in [0.2, 0.25) is 0 Å². The van der Waals surface area contributed by atoms with Gasteiger partial charge in [-0.2, -0.15) is 0 Å². The molecule has 0 spiro atoms. The minimum Gasteiger partial charge on any atom is -0.506 e. The second kappa shape index (κ2) is 7.92. The van der Waals surface area contributed by atoms with E-state index >= 15 is 0 Å². The predicted octanol–water partition coefficient (Wildman–Crippen LogP) is 4.08. The molecular weight excluding hydrogens is 388 g/mol. The van der Waals surface area contributed by atoms with Gasteiger partial charge in [0.1, 0.15) is 17.3 Å². The highest BCUT2D eigenvalue weighted by Gasteiger charge is 2.32. The van der Waals surface area contributed by atoms with Gasteiger partial charge in [-0.1, -0.05) is 23.7 Å². The third-order valence-corrected chi connectivity index (χ3v) is 4.59. The third kappa shape index (κ3) is 4.82. The van der Waals surface area contributed by atoms with Crippen LogP contribution in [-0.2, 0) is 0 Å². The Morgan fingerprint density at radius 3 is 2.33 bits per heavy atom. The number of aromatic hydroxyl groups is 1. The summed E-state index contributed by atoms with van der Waals surface area (Å²) in [5.41, 5.74) is 0.842. The molecule has 1 heterocycles. The molecule has 1 aliphatic rings. The number of benzene rings is 2. The highest BCUT2D eigenvalue weighted by atomic mass is 35.5. The Balaban J connectivity index is 2.00. The minimum absolute atomic E-state index is 0.123. The SMILES string of the molecule is Oc1c(Cl)cc(F)cc1[C@@H](c1ccc(OC(F)(F)F)cc1)N1CCNCC1. The first-order valence-electron chi connectivity index (χ1n) is 8.23. The van der Waals surface area contributed by atoms with Gasteiger partial charge >= 0.3 is 6.36 Å². The van der Waals surface area contributed by atoms with Crippen LogP contribution in [0.5, 0.6) is 11.5 Å². The van der Waals surface area contributed by atoms with Gasteiger partial charge in [-0.3, -0.25) is 4.90 Å². The number of halogens is 5. The minimum atomic E-state index is -4.78. The summed E-state index contributed by atoms with van der Waals surface area (Å²) in [6.45, 7) is 2.60. The fourth-order valence-electron chi connectivity index (χ4n) is 3.17. The lowest BCUT2D eigenvalue weighted by Gasteiger charge is -2.36. The number of hydrogen-bond donors (Lipinski definition) is 2. The van der Waals surface area contributed by atoms with Gasteiger partial charge in [-0.05, 0) is 29.8 Å². The smallest absolute Gasteiger partial charge is 0.506 e. The van der Waals surface area contributed by atoms with Crippen molar-refractivity contribution >= 4 is 11.6 Å². The predicted molar refractivity (Wildman–Crippen MR) is 92.5 cm³/mol. The summed E-state index contributed by atoms with van der Waals surface area (Å²) in [5.74, 6) is -1.21. The second-order valence-electron chi connectivity index (χ2n) is 6.13. The lowest BCUT2D eigenvalue weighted by molar-refractivity contribution is -0.274. The van der Waals surface area contributed by atoms with Crippen molar-refractivity contribution in [2.45, 2.75) is 12.4 Å². The summed E-state index contributed by atoms with van der Waals surface area (Å²) in [4.78, 5) is 2.00. The van der Waals surface area contributed by atoms with E-state index < -0.39 is 18.2 Å². The number of piperazine rings is 1. The Labute approximate surface area is 158 Å². The lowest BCUT2D eigenvalue weighted by atomic mass is 9.95. The van der Waals surface area contributed by atoms with Crippen LogP contribution in [0.2, 0.25) is 5.02 Å². The molecule has 0 saturated carbocycles. The maximum absolute atomic E-state index is 13.9. The number of phenolic OH excluding ortho intramolecular Hbond substituents is 1. The summed E-state index contributed by atoms with van der Waals surface area (Å²) < 4.78 is 54.9. The van der Waals surface area contributed by atoms with Crippen LogP contribution in [0.3, 0.4) is 0 Å². The van der Waals surface area contributed by atoms with Crippen LogP contribution in [0.1, 0.15) is 17.2 Å². The molecule has 1 aliphatic heterocycles. The average Bonchev–Trinajstić information content (AvgIpc) is 2.60. The average molecular weight is 405 g/mol. The van der Waals surface area contributed by atoms with Gasteiger partial charge in [0, 0.05) is 31.7 Å². The first-order valence-corrected chi connectivity index (χ1v) is 8.61. The van der Waals surface area contributed by atoms with E-state index in [1.807, 2.05) is 4.90 Å². The number of phenols is 1. The molecule has 0 aromatic heterocycles. The molecular formula is C18H17ClF4N2O2. The van der Waals surface area contributed by atoms with Crippen LogP contribution in [0, 0.1) is 5.82 Å². The van der Waals surface area contributed by atoms with E-state index in [0.29, 0.717) is 31.7 Å². The summed E-state index contributed by atoms with van der Waals surface area (Å²) in [7, 11) is 0. The zero-order valence-corrected chi connectivity index (χ0v) is 14.8. The Kier molecular flexibility index (Phi) is 5.78. The Bertz CT molecular complexity index is 793. The molecule has 0 unspecified atom stereocenters. The van der Waals surface area contributed by atoms with Crippen molar-refractivity contribution in [2.75, 3.05) is 26.2 Å². The number of nitrogens with zero attached hydrogens (tertiary/aromatic N) is 1. The Morgan fingerprint density at radius 1 is 1.11 bits per heavy atom. The number of nitrogens with one attached hydrogen (secondary N) is 1. The van der Waals surface area contributed by atoms with Gasteiger partial charge < -0.3 is 15.2 Å². The fourth-order valence-corrected chi connectivity index (χ4v) is 3.39. The summed E-state index contributed by atoms with van der Waals surface area (Å²) in [6, 6.07) is 6.94. The highest BCUT2D eigenvalue weighted by Crippen LogP contribution is 2.39. The van der Waals surface area contributed by atoms with Crippen molar-refractivity contribution in [3.8, 4) is 11.5 Å².